The molecule has 9 atom stereocenters. The lowest BCUT2D eigenvalue weighted by Crippen LogP contribution is -2.74. The third kappa shape index (κ3) is 2.53. The number of rotatable bonds is 2. The van der Waals surface area contributed by atoms with Crippen molar-refractivity contribution < 1.29 is 33.0 Å². The van der Waals surface area contributed by atoms with Crippen LogP contribution >= 0.6 is 0 Å². The second-order valence-electron chi connectivity index (χ2n) is 13.0. The van der Waals surface area contributed by atoms with Gasteiger partial charge in [0.15, 0.2) is 6.10 Å². The average molecular weight is 485 g/mol. The van der Waals surface area contributed by atoms with Crippen molar-refractivity contribution in [3.05, 3.63) is 24.2 Å². The molecular weight excluding hydrogens is 448 g/mol. The number of epoxide rings is 1. The number of hydrogen-bond donors (Lipinski definition) is 0. The molecule has 1 aromatic heterocycles. The third-order valence-corrected chi connectivity index (χ3v) is 11.2. The molecule has 6 rings (SSSR count). The first-order chi connectivity index (χ1) is 16.3. The molecule has 0 amide bonds. The monoisotopic (exact) mass is 484 g/mol. The summed E-state index contributed by atoms with van der Waals surface area (Å²) in [7, 11) is 0. The van der Waals surface area contributed by atoms with Crippen molar-refractivity contribution >= 4 is 17.7 Å². The first-order valence-corrected chi connectivity index (χ1v) is 12.9. The van der Waals surface area contributed by atoms with Crippen molar-refractivity contribution in [3.63, 3.8) is 0 Å². The molecule has 3 saturated carbocycles. The van der Waals surface area contributed by atoms with E-state index >= 15 is 0 Å². The van der Waals surface area contributed by atoms with Gasteiger partial charge in [-0.15, -0.1) is 0 Å². The number of cyclic esters (lactones) is 1. The number of fused-ring (bicyclic) bond motifs is 3. The van der Waals surface area contributed by atoms with Crippen LogP contribution in [-0.4, -0.2) is 35.5 Å². The van der Waals surface area contributed by atoms with Crippen LogP contribution in [0.1, 0.15) is 85.3 Å². The van der Waals surface area contributed by atoms with Crippen molar-refractivity contribution in [2.75, 3.05) is 0 Å². The second kappa shape index (κ2) is 6.78. The predicted octanol–water partition coefficient (Wildman–Crippen LogP) is 4.78. The lowest BCUT2D eigenvalue weighted by atomic mass is 9.34. The summed E-state index contributed by atoms with van der Waals surface area (Å²) in [6.07, 6.45) is 4.96. The lowest BCUT2D eigenvalue weighted by Gasteiger charge is -2.69. The van der Waals surface area contributed by atoms with Crippen molar-refractivity contribution in [2.24, 2.45) is 33.5 Å². The van der Waals surface area contributed by atoms with Gasteiger partial charge in [0.25, 0.3) is 0 Å². The molecule has 0 bridgehead atoms. The Morgan fingerprint density at radius 1 is 1.06 bits per heavy atom. The Morgan fingerprint density at radius 3 is 2.46 bits per heavy atom. The highest BCUT2D eigenvalue weighted by Crippen LogP contribution is 2.80. The number of hydrogen-bond acceptors (Lipinski definition) is 7. The molecule has 1 spiro atoms. The quantitative estimate of drug-likeness (QED) is 0.440. The summed E-state index contributed by atoms with van der Waals surface area (Å²) in [6.45, 7) is 12.3. The topological polar surface area (TPSA) is 95.3 Å². The Hall–Kier alpha value is -2.15. The number of Topliss-reactive ketones (excluding diaryl/α,β-unsaturated/α-hetero) is 1. The highest BCUT2D eigenvalue weighted by molar-refractivity contribution is 5.87. The van der Waals surface area contributed by atoms with Crippen LogP contribution in [0.2, 0.25) is 0 Å². The van der Waals surface area contributed by atoms with Crippen LogP contribution in [0.25, 0.3) is 0 Å². The van der Waals surface area contributed by atoms with E-state index in [0.717, 1.165) is 24.8 Å². The first-order valence-electron chi connectivity index (χ1n) is 12.9. The molecule has 0 N–H and O–H groups in total. The van der Waals surface area contributed by atoms with Crippen LogP contribution in [0.15, 0.2) is 23.0 Å². The molecular formula is C28H36O7. The van der Waals surface area contributed by atoms with Crippen LogP contribution in [-0.2, 0) is 28.6 Å². The zero-order valence-corrected chi connectivity index (χ0v) is 21.5. The summed E-state index contributed by atoms with van der Waals surface area (Å²) < 4.78 is 24.0. The minimum Gasteiger partial charge on any atom is -0.472 e. The minimum absolute atomic E-state index is 0.0601. The largest absolute Gasteiger partial charge is 0.472 e. The fourth-order valence-corrected chi connectivity index (χ4v) is 9.61. The SMILES string of the molecule is CC(=O)OC1CC2C(C)(C)CCC(=O)C2(C)C2CCC3(C)C(c4ccoc4)OC(=O)C4OC43C12C. The molecule has 3 aliphatic carbocycles. The molecule has 1 aromatic rings. The van der Waals surface area contributed by atoms with Crippen molar-refractivity contribution in [1.29, 1.82) is 0 Å². The van der Waals surface area contributed by atoms with E-state index in [1.165, 1.54) is 6.92 Å². The normalized spacial score (nSPS) is 49.6. The Kier molecular flexibility index (Phi) is 4.51. The third-order valence-electron chi connectivity index (χ3n) is 11.2. The summed E-state index contributed by atoms with van der Waals surface area (Å²) in [5.74, 6) is -0.443. The van der Waals surface area contributed by atoms with Crippen molar-refractivity contribution in [3.8, 4) is 0 Å². The summed E-state index contributed by atoms with van der Waals surface area (Å²) in [5.41, 5.74) is -2.02. The van der Waals surface area contributed by atoms with E-state index in [9.17, 15) is 14.4 Å². The number of furan rings is 1. The van der Waals surface area contributed by atoms with Crippen LogP contribution in [0.5, 0.6) is 0 Å². The molecule has 5 aliphatic rings. The van der Waals surface area contributed by atoms with Crippen LogP contribution < -0.4 is 0 Å². The highest BCUT2D eigenvalue weighted by atomic mass is 16.7. The van der Waals surface area contributed by atoms with Gasteiger partial charge in [0.1, 0.15) is 23.6 Å². The van der Waals surface area contributed by atoms with Gasteiger partial charge in [0.05, 0.1) is 12.5 Å². The van der Waals surface area contributed by atoms with Crippen LogP contribution in [0.4, 0.5) is 0 Å². The highest BCUT2D eigenvalue weighted by Gasteiger charge is 2.88. The van der Waals surface area contributed by atoms with E-state index in [2.05, 4.69) is 34.6 Å². The number of ether oxygens (including phenoxy) is 3. The van der Waals surface area contributed by atoms with E-state index < -0.39 is 40.2 Å². The number of carbonyl (C=O) groups is 3. The van der Waals surface area contributed by atoms with Crippen LogP contribution in [0, 0.1) is 33.5 Å². The zero-order chi connectivity index (χ0) is 25.2. The first kappa shape index (κ1) is 23.3. The van der Waals surface area contributed by atoms with E-state index in [1.54, 1.807) is 12.5 Å². The number of carbonyl (C=O) groups excluding carboxylic acids is 3. The maximum absolute atomic E-state index is 13.8. The molecule has 35 heavy (non-hydrogen) atoms. The standard InChI is InChI=1S/C28H36O7/c1-15(29)33-20-13-18-24(2,3)10-8-19(30)26(18,5)17-7-11-25(4)21(16-9-12-32-14-16)34-23(31)22-28(25,35-22)27(17,20)6/h9,12,14,17-18,20-22H,7-8,10-11,13H2,1-6H3. The molecule has 2 aliphatic heterocycles. The maximum atomic E-state index is 13.8. The molecule has 0 aromatic carbocycles. The molecule has 7 heteroatoms. The van der Waals surface area contributed by atoms with Gasteiger partial charge >= 0.3 is 11.9 Å². The molecule has 0 radical (unpaired) electrons. The number of ketones is 1. The molecule has 190 valence electrons. The summed E-state index contributed by atoms with van der Waals surface area (Å²) in [5, 5.41) is 0. The second-order valence-corrected chi connectivity index (χ2v) is 13.0. The fourth-order valence-electron chi connectivity index (χ4n) is 9.61. The molecule has 7 nitrogen and oxygen atoms in total. The van der Waals surface area contributed by atoms with E-state index in [4.69, 9.17) is 18.6 Å². The van der Waals surface area contributed by atoms with E-state index in [1.807, 2.05) is 6.07 Å². The van der Waals surface area contributed by atoms with Gasteiger partial charge in [0, 0.05) is 35.2 Å². The predicted molar refractivity (Wildman–Crippen MR) is 124 cm³/mol. The number of esters is 2. The molecule has 9 unspecified atom stereocenters. The Labute approximate surface area is 206 Å². The van der Waals surface area contributed by atoms with E-state index in [-0.39, 0.29) is 29.2 Å². The summed E-state index contributed by atoms with van der Waals surface area (Å²) in [6, 6.07) is 1.84. The van der Waals surface area contributed by atoms with Crippen LogP contribution in [0.3, 0.4) is 0 Å². The Morgan fingerprint density at radius 2 is 1.80 bits per heavy atom. The van der Waals surface area contributed by atoms with Gasteiger partial charge < -0.3 is 18.6 Å². The smallest absolute Gasteiger partial charge is 0.339 e. The van der Waals surface area contributed by atoms with Gasteiger partial charge in [-0.25, -0.2) is 4.79 Å². The Bertz CT molecular complexity index is 1110. The summed E-state index contributed by atoms with van der Waals surface area (Å²) in [4.78, 5) is 39.5. The molecule has 2 saturated heterocycles. The average Bonchev–Trinajstić information content (AvgIpc) is 3.35. The van der Waals surface area contributed by atoms with Gasteiger partial charge in [-0.2, -0.15) is 0 Å². The van der Waals surface area contributed by atoms with Gasteiger partial charge in [-0.3, -0.25) is 9.59 Å². The molecule has 3 heterocycles. The Balaban J connectivity index is 1.55. The van der Waals surface area contributed by atoms with E-state index in [0.29, 0.717) is 18.6 Å². The van der Waals surface area contributed by atoms with Gasteiger partial charge in [-0.1, -0.05) is 34.6 Å². The minimum atomic E-state index is -0.893. The maximum Gasteiger partial charge on any atom is 0.339 e. The van der Waals surface area contributed by atoms with Gasteiger partial charge in [0.2, 0.25) is 0 Å². The summed E-state index contributed by atoms with van der Waals surface area (Å²) >= 11 is 0. The lowest BCUT2D eigenvalue weighted by molar-refractivity contribution is -0.259. The zero-order valence-electron chi connectivity index (χ0n) is 21.5. The molecule has 5 fully saturated rings. The van der Waals surface area contributed by atoms with Gasteiger partial charge in [-0.05, 0) is 49.0 Å². The van der Waals surface area contributed by atoms with Crippen molar-refractivity contribution in [1.82, 2.24) is 0 Å². The fraction of sp³-hybridized carbons (Fsp3) is 0.750. The van der Waals surface area contributed by atoms with Crippen molar-refractivity contribution in [2.45, 2.75) is 97.6 Å².